The normalized spacial score (nSPS) is 11.9. The standard InChI is InChI=1S/C15H26O2/c1-11(2)9-13(5)7-8-14(12(3)4)10-15(16)17-6/h12,14H,7-8,10H2,1-6H3/t14-/m1/s1. The molecule has 0 fully saturated rings. The monoisotopic (exact) mass is 238 g/mol. The maximum absolute atomic E-state index is 11.3. The molecule has 0 aliphatic carbocycles. The van der Waals surface area contributed by atoms with Crippen molar-refractivity contribution in [3.05, 3.63) is 16.9 Å². The van der Waals surface area contributed by atoms with Crippen molar-refractivity contribution in [2.45, 2.75) is 53.9 Å². The Hall–Kier alpha value is -1.01. The van der Waals surface area contributed by atoms with Crippen LogP contribution in [-0.2, 0) is 9.53 Å². The molecule has 0 spiro atoms. The first kappa shape index (κ1) is 16.0. The number of allylic oxidation sites excluding steroid dienone is 1. The minimum Gasteiger partial charge on any atom is -0.469 e. The van der Waals surface area contributed by atoms with Crippen LogP contribution in [0.4, 0.5) is 0 Å². The molecule has 2 nitrogen and oxygen atoms in total. The SMILES string of the molecule is COC(=O)C[C@@H](CCC(C)=C=C(C)C)C(C)C. The van der Waals surface area contributed by atoms with Crippen molar-refractivity contribution in [3.63, 3.8) is 0 Å². The van der Waals surface area contributed by atoms with E-state index in [2.05, 4.69) is 40.3 Å². The van der Waals surface area contributed by atoms with Gasteiger partial charge in [-0.15, -0.1) is 5.73 Å². The molecule has 0 aliphatic heterocycles. The summed E-state index contributed by atoms with van der Waals surface area (Å²) in [5, 5.41) is 0. The Kier molecular flexibility index (Phi) is 7.65. The fourth-order valence-electron chi connectivity index (χ4n) is 1.86. The van der Waals surface area contributed by atoms with Crippen LogP contribution in [0.3, 0.4) is 0 Å². The molecule has 0 aliphatic rings. The molecule has 0 amide bonds. The van der Waals surface area contributed by atoms with Crippen LogP contribution in [0.5, 0.6) is 0 Å². The Morgan fingerprint density at radius 2 is 1.82 bits per heavy atom. The molecule has 0 bridgehead atoms. The lowest BCUT2D eigenvalue weighted by Gasteiger charge is -2.19. The molecular formula is C15H26O2. The molecule has 0 N–H and O–H groups in total. The summed E-state index contributed by atoms with van der Waals surface area (Å²) >= 11 is 0. The van der Waals surface area contributed by atoms with E-state index in [9.17, 15) is 4.79 Å². The quantitative estimate of drug-likeness (QED) is 0.514. The van der Waals surface area contributed by atoms with Gasteiger partial charge in [0.05, 0.1) is 7.11 Å². The van der Waals surface area contributed by atoms with Gasteiger partial charge in [0.1, 0.15) is 0 Å². The first-order valence-electron chi connectivity index (χ1n) is 6.33. The summed E-state index contributed by atoms with van der Waals surface area (Å²) in [6.07, 6.45) is 2.56. The number of methoxy groups -OCH3 is 1. The molecular weight excluding hydrogens is 212 g/mol. The Morgan fingerprint density at radius 3 is 2.24 bits per heavy atom. The second kappa shape index (κ2) is 8.14. The second-order valence-corrected chi connectivity index (χ2v) is 5.23. The summed E-state index contributed by atoms with van der Waals surface area (Å²) in [6.45, 7) is 10.5. The molecule has 0 aromatic rings. The van der Waals surface area contributed by atoms with Gasteiger partial charge in [-0.25, -0.2) is 0 Å². The van der Waals surface area contributed by atoms with Crippen molar-refractivity contribution in [2.75, 3.05) is 7.11 Å². The maximum atomic E-state index is 11.3. The number of carbonyl (C=O) groups is 1. The van der Waals surface area contributed by atoms with Gasteiger partial charge in [-0.1, -0.05) is 13.8 Å². The van der Waals surface area contributed by atoms with Gasteiger partial charge in [0.2, 0.25) is 0 Å². The third kappa shape index (κ3) is 7.82. The van der Waals surface area contributed by atoms with E-state index in [1.165, 1.54) is 18.3 Å². The lowest BCUT2D eigenvalue weighted by atomic mass is 9.87. The first-order chi connectivity index (χ1) is 7.86. The molecule has 0 aromatic carbocycles. The van der Waals surface area contributed by atoms with Gasteiger partial charge in [0.15, 0.2) is 0 Å². The zero-order valence-electron chi connectivity index (χ0n) is 12.1. The number of carbonyl (C=O) groups excluding carboxylic acids is 1. The highest BCUT2D eigenvalue weighted by atomic mass is 16.5. The summed E-state index contributed by atoms with van der Waals surface area (Å²) in [6, 6.07) is 0. The highest BCUT2D eigenvalue weighted by molar-refractivity contribution is 5.69. The largest absolute Gasteiger partial charge is 0.469 e. The highest BCUT2D eigenvalue weighted by Crippen LogP contribution is 2.23. The van der Waals surface area contributed by atoms with Crippen LogP contribution in [0.15, 0.2) is 16.9 Å². The van der Waals surface area contributed by atoms with E-state index in [0.29, 0.717) is 18.3 Å². The van der Waals surface area contributed by atoms with Gasteiger partial charge >= 0.3 is 5.97 Å². The molecule has 1 atom stereocenters. The van der Waals surface area contributed by atoms with Crippen molar-refractivity contribution in [3.8, 4) is 0 Å². The van der Waals surface area contributed by atoms with Crippen LogP contribution in [0.2, 0.25) is 0 Å². The van der Waals surface area contributed by atoms with Crippen molar-refractivity contribution < 1.29 is 9.53 Å². The Balaban J connectivity index is 4.38. The fraction of sp³-hybridized carbons (Fsp3) is 0.733. The van der Waals surface area contributed by atoms with E-state index in [0.717, 1.165) is 12.8 Å². The molecule has 0 rings (SSSR count). The molecule has 0 heterocycles. The van der Waals surface area contributed by atoms with Gasteiger partial charge in [0, 0.05) is 6.42 Å². The molecule has 17 heavy (non-hydrogen) atoms. The third-order valence-electron chi connectivity index (χ3n) is 2.95. The van der Waals surface area contributed by atoms with Crippen LogP contribution in [0, 0.1) is 11.8 Å². The van der Waals surface area contributed by atoms with Gasteiger partial charge in [-0.2, -0.15) is 0 Å². The van der Waals surface area contributed by atoms with Crippen LogP contribution in [-0.4, -0.2) is 13.1 Å². The Morgan fingerprint density at radius 1 is 1.24 bits per heavy atom. The van der Waals surface area contributed by atoms with Gasteiger partial charge in [0.25, 0.3) is 0 Å². The van der Waals surface area contributed by atoms with Crippen molar-refractivity contribution >= 4 is 5.97 Å². The topological polar surface area (TPSA) is 26.3 Å². The van der Waals surface area contributed by atoms with E-state index >= 15 is 0 Å². The number of esters is 1. The van der Waals surface area contributed by atoms with Gasteiger partial charge in [-0.05, 0) is 56.6 Å². The Labute approximate surface area is 106 Å². The average molecular weight is 238 g/mol. The second-order valence-electron chi connectivity index (χ2n) is 5.23. The smallest absolute Gasteiger partial charge is 0.305 e. The molecule has 0 radical (unpaired) electrons. The minimum atomic E-state index is -0.104. The van der Waals surface area contributed by atoms with E-state index in [1.807, 2.05) is 0 Å². The van der Waals surface area contributed by atoms with E-state index in [1.54, 1.807) is 0 Å². The molecule has 0 saturated carbocycles. The van der Waals surface area contributed by atoms with Crippen LogP contribution < -0.4 is 0 Å². The summed E-state index contributed by atoms with van der Waals surface area (Å²) in [7, 11) is 1.45. The summed E-state index contributed by atoms with van der Waals surface area (Å²) in [5.74, 6) is 0.803. The lowest BCUT2D eigenvalue weighted by Crippen LogP contribution is -2.15. The van der Waals surface area contributed by atoms with Crippen LogP contribution in [0.25, 0.3) is 0 Å². The van der Waals surface area contributed by atoms with Crippen LogP contribution in [0.1, 0.15) is 53.9 Å². The minimum absolute atomic E-state index is 0.104. The summed E-state index contributed by atoms with van der Waals surface area (Å²) in [5.41, 5.74) is 5.79. The number of hydrogen-bond donors (Lipinski definition) is 0. The lowest BCUT2D eigenvalue weighted by molar-refractivity contribution is -0.142. The molecule has 98 valence electrons. The highest BCUT2D eigenvalue weighted by Gasteiger charge is 2.17. The molecule has 0 unspecified atom stereocenters. The molecule has 0 saturated heterocycles. The van der Waals surface area contributed by atoms with Crippen molar-refractivity contribution in [1.29, 1.82) is 0 Å². The number of ether oxygens (including phenoxy) is 1. The van der Waals surface area contributed by atoms with E-state index in [4.69, 9.17) is 4.74 Å². The maximum Gasteiger partial charge on any atom is 0.305 e. The zero-order chi connectivity index (χ0) is 13.4. The van der Waals surface area contributed by atoms with E-state index < -0.39 is 0 Å². The van der Waals surface area contributed by atoms with Crippen molar-refractivity contribution in [1.82, 2.24) is 0 Å². The van der Waals surface area contributed by atoms with Gasteiger partial charge in [-0.3, -0.25) is 4.79 Å². The predicted octanol–water partition coefficient (Wildman–Crippen LogP) is 4.11. The average Bonchev–Trinajstić information content (AvgIpc) is 2.22. The number of hydrogen-bond acceptors (Lipinski definition) is 2. The zero-order valence-corrected chi connectivity index (χ0v) is 12.1. The fourth-order valence-corrected chi connectivity index (χ4v) is 1.86. The molecule has 0 aromatic heterocycles. The first-order valence-corrected chi connectivity index (χ1v) is 6.33. The summed E-state index contributed by atoms with van der Waals surface area (Å²) < 4.78 is 4.74. The Bertz CT molecular complexity index is 303. The van der Waals surface area contributed by atoms with Crippen molar-refractivity contribution in [2.24, 2.45) is 11.8 Å². The predicted molar refractivity (Wildman–Crippen MR) is 71.8 cm³/mol. The van der Waals surface area contributed by atoms with Gasteiger partial charge < -0.3 is 4.74 Å². The number of rotatable bonds is 6. The van der Waals surface area contributed by atoms with E-state index in [-0.39, 0.29) is 5.97 Å². The molecule has 2 heteroatoms. The van der Waals surface area contributed by atoms with Crippen LogP contribution >= 0.6 is 0 Å². The summed E-state index contributed by atoms with van der Waals surface area (Å²) in [4.78, 5) is 11.3. The third-order valence-corrected chi connectivity index (χ3v) is 2.95.